The van der Waals surface area contributed by atoms with Crippen LogP contribution in [0.3, 0.4) is 0 Å². The number of imidazole rings is 1. The van der Waals surface area contributed by atoms with Crippen molar-refractivity contribution in [3.05, 3.63) is 41.2 Å². The van der Waals surface area contributed by atoms with Crippen LogP contribution in [0.15, 0.2) is 29.4 Å². The van der Waals surface area contributed by atoms with Crippen LogP contribution in [0, 0.1) is 13.8 Å². The van der Waals surface area contributed by atoms with Gasteiger partial charge in [-0.15, -0.1) is 0 Å². The highest BCUT2D eigenvalue weighted by molar-refractivity contribution is 7.99. The smallest absolute Gasteiger partial charge is 0.338 e. The molecule has 156 valence electrons. The number of esters is 1. The van der Waals surface area contributed by atoms with Gasteiger partial charge < -0.3 is 19.4 Å². The summed E-state index contributed by atoms with van der Waals surface area (Å²) in [5.41, 5.74) is 3.18. The number of carbonyl (C=O) groups excluding carboxylic acids is 2. The molecule has 29 heavy (non-hydrogen) atoms. The number of aromatic nitrogens is 2. The van der Waals surface area contributed by atoms with Gasteiger partial charge in [0.25, 0.3) is 0 Å². The molecule has 1 unspecified atom stereocenters. The second kappa shape index (κ2) is 9.93. The van der Waals surface area contributed by atoms with E-state index in [1.54, 1.807) is 31.2 Å². The van der Waals surface area contributed by atoms with Gasteiger partial charge in [-0.3, -0.25) is 4.79 Å². The first-order valence-corrected chi connectivity index (χ1v) is 10.8. The Kier molecular flexibility index (Phi) is 7.33. The first kappa shape index (κ1) is 21.4. The number of aryl methyl sites for hydroxylation is 1. The third kappa shape index (κ3) is 5.61. The van der Waals surface area contributed by atoms with Crippen molar-refractivity contribution in [2.75, 3.05) is 24.3 Å². The van der Waals surface area contributed by atoms with Gasteiger partial charge in [0, 0.05) is 18.0 Å². The predicted molar refractivity (Wildman–Crippen MR) is 112 cm³/mol. The van der Waals surface area contributed by atoms with Crippen molar-refractivity contribution in [1.82, 2.24) is 9.55 Å². The monoisotopic (exact) mass is 417 g/mol. The van der Waals surface area contributed by atoms with Gasteiger partial charge in [0.05, 0.1) is 36.3 Å². The van der Waals surface area contributed by atoms with E-state index in [9.17, 15) is 9.59 Å². The zero-order chi connectivity index (χ0) is 20.8. The molecule has 0 radical (unpaired) electrons. The maximum Gasteiger partial charge on any atom is 0.338 e. The highest BCUT2D eigenvalue weighted by atomic mass is 32.2. The summed E-state index contributed by atoms with van der Waals surface area (Å²) in [5.74, 6) is -0.244. The van der Waals surface area contributed by atoms with Gasteiger partial charge >= 0.3 is 5.97 Å². The van der Waals surface area contributed by atoms with E-state index in [2.05, 4.69) is 14.9 Å². The Labute approximate surface area is 175 Å². The fraction of sp³-hybridized carbons (Fsp3) is 0.476. The van der Waals surface area contributed by atoms with Crippen LogP contribution in [0.4, 0.5) is 5.69 Å². The van der Waals surface area contributed by atoms with Crippen molar-refractivity contribution in [1.29, 1.82) is 0 Å². The van der Waals surface area contributed by atoms with Crippen molar-refractivity contribution in [3.63, 3.8) is 0 Å². The fourth-order valence-corrected chi connectivity index (χ4v) is 4.07. The minimum Gasteiger partial charge on any atom is -0.462 e. The van der Waals surface area contributed by atoms with Crippen LogP contribution < -0.4 is 5.32 Å². The molecule has 1 saturated heterocycles. The van der Waals surface area contributed by atoms with Crippen LogP contribution in [0.2, 0.25) is 0 Å². The number of amides is 1. The summed E-state index contributed by atoms with van der Waals surface area (Å²) < 4.78 is 12.9. The maximum atomic E-state index is 12.4. The number of rotatable bonds is 8. The average Bonchev–Trinajstić information content (AvgIpc) is 3.31. The lowest BCUT2D eigenvalue weighted by Gasteiger charge is -2.14. The summed E-state index contributed by atoms with van der Waals surface area (Å²) in [7, 11) is 0. The number of ether oxygens (including phenoxy) is 2. The summed E-state index contributed by atoms with van der Waals surface area (Å²) >= 11 is 1.42. The van der Waals surface area contributed by atoms with Crippen molar-refractivity contribution >= 4 is 29.3 Å². The molecule has 0 spiro atoms. The summed E-state index contributed by atoms with van der Waals surface area (Å²) in [4.78, 5) is 28.7. The molecule has 1 amide bonds. The first-order chi connectivity index (χ1) is 14.0. The third-order valence-corrected chi connectivity index (χ3v) is 5.82. The van der Waals surface area contributed by atoms with E-state index in [4.69, 9.17) is 9.47 Å². The third-order valence-electron chi connectivity index (χ3n) is 4.85. The van der Waals surface area contributed by atoms with Gasteiger partial charge in [0.15, 0.2) is 5.16 Å². The lowest BCUT2D eigenvalue weighted by Crippen LogP contribution is -2.18. The number of carbonyl (C=O) groups is 2. The summed E-state index contributed by atoms with van der Waals surface area (Å²) in [6, 6.07) is 6.67. The normalized spacial score (nSPS) is 16.0. The molecule has 1 aromatic heterocycles. The van der Waals surface area contributed by atoms with E-state index in [1.807, 2.05) is 13.8 Å². The molecule has 1 aliphatic rings. The van der Waals surface area contributed by atoms with E-state index >= 15 is 0 Å². The maximum absolute atomic E-state index is 12.4. The minimum absolute atomic E-state index is 0.124. The molecule has 1 atom stereocenters. The molecule has 8 heteroatoms. The second-order valence-corrected chi connectivity index (χ2v) is 7.89. The first-order valence-electron chi connectivity index (χ1n) is 9.83. The standard InChI is InChI=1S/C21H27N3O4S/c1-4-27-20(26)16-7-9-17(10-8-16)23-19(25)13-29-21-22-14(2)15(3)24(21)12-18-6-5-11-28-18/h7-10,18H,4-6,11-13H2,1-3H3,(H,23,25). The molecule has 1 fully saturated rings. The van der Waals surface area contributed by atoms with Crippen molar-refractivity contribution in [3.8, 4) is 0 Å². The predicted octanol–water partition coefficient (Wildman–Crippen LogP) is 3.59. The van der Waals surface area contributed by atoms with E-state index in [1.165, 1.54) is 11.8 Å². The molecule has 1 aliphatic heterocycles. The van der Waals surface area contributed by atoms with Gasteiger partial charge in [-0.05, 0) is 57.9 Å². The number of anilines is 1. The van der Waals surface area contributed by atoms with Crippen LogP contribution in [0.25, 0.3) is 0 Å². The van der Waals surface area contributed by atoms with Crippen molar-refractivity contribution in [2.24, 2.45) is 0 Å². The number of thioether (sulfide) groups is 1. The minimum atomic E-state index is -0.371. The molecule has 0 bridgehead atoms. The zero-order valence-electron chi connectivity index (χ0n) is 17.1. The van der Waals surface area contributed by atoms with E-state index in [0.717, 1.165) is 42.5 Å². The Hall–Kier alpha value is -2.32. The SMILES string of the molecule is CCOC(=O)c1ccc(NC(=O)CSc2nc(C)c(C)n2CC2CCCO2)cc1. The second-order valence-electron chi connectivity index (χ2n) is 6.95. The van der Waals surface area contributed by atoms with Crippen LogP contribution in [-0.4, -0.2) is 46.5 Å². The van der Waals surface area contributed by atoms with Crippen molar-refractivity contribution in [2.45, 2.75) is 51.4 Å². The average molecular weight is 418 g/mol. The molecule has 3 rings (SSSR count). The molecular formula is C21H27N3O4S. The Balaban J connectivity index is 1.56. The molecule has 0 saturated carbocycles. The molecule has 1 aromatic carbocycles. The Morgan fingerprint density at radius 3 is 2.72 bits per heavy atom. The number of hydrogen-bond acceptors (Lipinski definition) is 6. The molecule has 7 nitrogen and oxygen atoms in total. The summed E-state index contributed by atoms with van der Waals surface area (Å²) in [6.07, 6.45) is 2.37. The number of hydrogen-bond donors (Lipinski definition) is 1. The highest BCUT2D eigenvalue weighted by Crippen LogP contribution is 2.24. The number of benzene rings is 1. The number of nitrogens with one attached hydrogen (secondary N) is 1. The van der Waals surface area contributed by atoms with Crippen LogP contribution >= 0.6 is 11.8 Å². The van der Waals surface area contributed by atoms with E-state index in [0.29, 0.717) is 17.9 Å². The quantitative estimate of drug-likeness (QED) is 0.522. The van der Waals surface area contributed by atoms with Gasteiger partial charge in [-0.25, -0.2) is 9.78 Å². The van der Waals surface area contributed by atoms with Gasteiger partial charge in [0.1, 0.15) is 0 Å². The Morgan fingerprint density at radius 1 is 1.31 bits per heavy atom. The topological polar surface area (TPSA) is 82.5 Å². The Bertz CT molecular complexity index is 858. The molecule has 0 aliphatic carbocycles. The van der Waals surface area contributed by atoms with E-state index < -0.39 is 0 Å². The molecule has 1 N–H and O–H groups in total. The van der Waals surface area contributed by atoms with Crippen LogP contribution in [-0.2, 0) is 20.8 Å². The summed E-state index contributed by atoms with van der Waals surface area (Å²) in [5, 5.41) is 3.69. The van der Waals surface area contributed by atoms with Crippen LogP contribution in [0.1, 0.15) is 41.5 Å². The Morgan fingerprint density at radius 2 is 2.07 bits per heavy atom. The zero-order valence-corrected chi connectivity index (χ0v) is 17.9. The van der Waals surface area contributed by atoms with Crippen molar-refractivity contribution < 1.29 is 19.1 Å². The number of nitrogens with zero attached hydrogens (tertiary/aromatic N) is 2. The van der Waals surface area contributed by atoms with Crippen LogP contribution in [0.5, 0.6) is 0 Å². The lowest BCUT2D eigenvalue weighted by atomic mass is 10.2. The van der Waals surface area contributed by atoms with Gasteiger partial charge in [-0.2, -0.15) is 0 Å². The van der Waals surface area contributed by atoms with E-state index in [-0.39, 0.29) is 23.7 Å². The largest absolute Gasteiger partial charge is 0.462 e. The van der Waals surface area contributed by atoms with Gasteiger partial charge in [0.2, 0.25) is 5.91 Å². The fourth-order valence-electron chi connectivity index (χ4n) is 3.17. The molecule has 2 aromatic rings. The molecular weight excluding hydrogens is 390 g/mol. The highest BCUT2D eigenvalue weighted by Gasteiger charge is 2.20. The lowest BCUT2D eigenvalue weighted by molar-refractivity contribution is -0.113. The molecule has 2 heterocycles. The summed E-state index contributed by atoms with van der Waals surface area (Å²) in [6.45, 7) is 7.71. The van der Waals surface area contributed by atoms with Gasteiger partial charge in [-0.1, -0.05) is 11.8 Å².